The molecule has 1 aromatic heterocycles. The summed E-state index contributed by atoms with van der Waals surface area (Å²) in [5, 5.41) is 3.22. The van der Waals surface area contributed by atoms with Crippen molar-refractivity contribution >= 4 is 10.0 Å². The van der Waals surface area contributed by atoms with Crippen molar-refractivity contribution in [3.8, 4) is 0 Å². The molecule has 6 heteroatoms. The summed E-state index contributed by atoms with van der Waals surface area (Å²) in [5.74, 6) is 0.877. The van der Waals surface area contributed by atoms with E-state index in [1.54, 1.807) is 6.26 Å². The fraction of sp³-hybridized carbons (Fsp3) is 0.600. The fourth-order valence-corrected chi connectivity index (χ4v) is 1.89. The average Bonchev–Trinajstić information content (AvgIpc) is 2.69. The van der Waals surface area contributed by atoms with Gasteiger partial charge in [-0.3, -0.25) is 0 Å². The summed E-state index contributed by atoms with van der Waals surface area (Å²) in [5.41, 5.74) is 0. The zero-order valence-corrected chi connectivity index (χ0v) is 10.4. The van der Waals surface area contributed by atoms with E-state index in [0.29, 0.717) is 13.1 Å². The average molecular weight is 246 g/mol. The molecule has 1 heterocycles. The van der Waals surface area contributed by atoms with Gasteiger partial charge in [-0.2, -0.15) is 0 Å². The Bertz CT molecular complexity index is 386. The van der Waals surface area contributed by atoms with E-state index in [9.17, 15) is 8.42 Å². The smallest absolute Gasteiger partial charge is 0.208 e. The molecule has 0 saturated carbocycles. The summed E-state index contributed by atoms with van der Waals surface area (Å²) < 4.78 is 29.3. The number of furan rings is 1. The lowest BCUT2D eigenvalue weighted by atomic mass is 10.2. The standard InChI is InChI=1S/C10H18N2O3S/c1-3-9(10-5-4-8-15-10)11-6-7-12-16(2,13)14/h4-5,8-9,11-12H,3,6-7H2,1-2H3. The number of hydrogen-bond acceptors (Lipinski definition) is 4. The van der Waals surface area contributed by atoms with Gasteiger partial charge in [-0.25, -0.2) is 13.1 Å². The molecule has 0 aliphatic heterocycles. The van der Waals surface area contributed by atoms with Gasteiger partial charge in [0.15, 0.2) is 0 Å². The first kappa shape index (κ1) is 13.2. The van der Waals surface area contributed by atoms with E-state index in [-0.39, 0.29) is 6.04 Å². The lowest BCUT2D eigenvalue weighted by molar-refractivity contribution is 0.406. The molecule has 1 atom stereocenters. The van der Waals surface area contributed by atoms with E-state index in [1.165, 1.54) is 0 Å². The van der Waals surface area contributed by atoms with Crippen LogP contribution in [-0.2, 0) is 10.0 Å². The summed E-state index contributed by atoms with van der Waals surface area (Å²) in [7, 11) is -3.10. The van der Waals surface area contributed by atoms with Gasteiger partial charge in [-0.1, -0.05) is 6.92 Å². The first-order valence-electron chi connectivity index (χ1n) is 5.24. The molecule has 1 aromatic rings. The van der Waals surface area contributed by atoms with Crippen LogP contribution in [0.25, 0.3) is 0 Å². The molecule has 0 saturated heterocycles. The van der Waals surface area contributed by atoms with Crippen molar-refractivity contribution in [2.24, 2.45) is 0 Å². The van der Waals surface area contributed by atoms with E-state index >= 15 is 0 Å². The lowest BCUT2D eigenvalue weighted by Crippen LogP contribution is -2.32. The first-order chi connectivity index (χ1) is 7.53. The van der Waals surface area contributed by atoms with Gasteiger partial charge in [0, 0.05) is 13.1 Å². The van der Waals surface area contributed by atoms with Gasteiger partial charge in [0.2, 0.25) is 10.0 Å². The van der Waals surface area contributed by atoms with E-state index in [0.717, 1.165) is 18.4 Å². The Morgan fingerprint density at radius 2 is 2.19 bits per heavy atom. The summed E-state index contributed by atoms with van der Waals surface area (Å²) >= 11 is 0. The molecule has 92 valence electrons. The van der Waals surface area contributed by atoms with Crippen LogP contribution in [0.2, 0.25) is 0 Å². The molecular weight excluding hydrogens is 228 g/mol. The Labute approximate surface area is 96.3 Å². The van der Waals surface area contributed by atoms with Gasteiger partial charge in [0.25, 0.3) is 0 Å². The molecule has 0 aromatic carbocycles. The maximum atomic E-state index is 10.8. The van der Waals surface area contributed by atoms with Gasteiger partial charge in [-0.05, 0) is 18.6 Å². The topological polar surface area (TPSA) is 71.3 Å². The van der Waals surface area contributed by atoms with Gasteiger partial charge < -0.3 is 9.73 Å². The highest BCUT2D eigenvalue weighted by Gasteiger charge is 2.10. The molecule has 5 nitrogen and oxygen atoms in total. The summed E-state index contributed by atoms with van der Waals surface area (Å²) in [6.45, 7) is 3.01. The Morgan fingerprint density at radius 3 is 2.69 bits per heavy atom. The second-order valence-corrected chi connectivity index (χ2v) is 5.43. The third kappa shape index (κ3) is 4.78. The number of nitrogens with one attached hydrogen (secondary N) is 2. The zero-order chi connectivity index (χ0) is 12.0. The van der Waals surface area contributed by atoms with Crippen LogP contribution in [0.4, 0.5) is 0 Å². The van der Waals surface area contributed by atoms with Crippen molar-refractivity contribution < 1.29 is 12.8 Å². The predicted octanol–water partition coefficient (Wildman–Crippen LogP) is 0.869. The van der Waals surface area contributed by atoms with Crippen LogP contribution >= 0.6 is 0 Å². The molecule has 0 aliphatic rings. The summed E-state index contributed by atoms with van der Waals surface area (Å²) in [6.07, 6.45) is 3.68. The normalized spacial score (nSPS) is 13.9. The quantitative estimate of drug-likeness (QED) is 0.700. The van der Waals surface area contributed by atoms with E-state index < -0.39 is 10.0 Å². The van der Waals surface area contributed by atoms with Crippen LogP contribution in [0, 0.1) is 0 Å². The minimum Gasteiger partial charge on any atom is -0.468 e. The Kier molecular flexibility index (Phi) is 4.98. The van der Waals surface area contributed by atoms with Crippen LogP contribution in [0.3, 0.4) is 0 Å². The maximum absolute atomic E-state index is 10.8. The largest absolute Gasteiger partial charge is 0.468 e. The molecular formula is C10H18N2O3S. The molecule has 0 fully saturated rings. The van der Waals surface area contributed by atoms with Crippen LogP contribution in [-0.4, -0.2) is 27.8 Å². The lowest BCUT2D eigenvalue weighted by Gasteiger charge is -2.14. The fourth-order valence-electron chi connectivity index (χ4n) is 1.42. The third-order valence-electron chi connectivity index (χ3n) is 2.17. The second-order valence-electron chi connectivity index (χ2n) is 3.60. The number of sulfonamides is 1. The van der Waals surface area contributed by atoms with E-state index in [4.69, 9.17) is 4.42 Å². The molecule has 1 rings (SSSR count). The van der Waals surface area contributed by atoms with Gasteiger partial charge in [0.05, 0.1) is 18.6 Å². The molecule has 0 amide bonds. The Hall–Kier alpha value is -0.850. The van der Waals surface area contributed by atoms with Crippen LogP contribution in [0.5, 0.6) is 0 Å². The van der Waals surface area contributed by atoms with Gasteiger partial charge in [-0.15, -0.1) is 0 Å². The monoisotopic (exact) mass is 246 g/mol. The maximum Gasteiger partial charge on any atom is 0.208 e. The first-order valence-corrected chi connectivity index (χ1v) is 7.13. The van der Waals surface area contributed by atoms with Crippen molar-refractivity contribution in [2.45, 2.75) is 19.4 Å². The number of hydrogen-bond donors (Lipinski definition) is 2. The Morgan fingerprint density at radius 1 is 1.44 bits per heavy atom. The highest BCUT2D eigenvalue weighted by Crippen LogP contribution is 2.15. The molecule has 0 bridgehead atoms. The van der Waals surface area contributed by atoms with E-state index in [2.05, 4.69) is 10.0 Å². The molecule has 2 N–H and O–H groups in total. The molecule has 16 heavy (non-hydrogen) atoms. The minimum atomic E-state index is -3.10. The zero-order valence-electron chi connectivity index (χ0n) is 9.56. The highest BCUT2D eigenvalue weighted by atomic mass is 32.2. The van der Waals surface area contributed by atoms with Gasteiger partial charge in [0.1, 0.15) is 5.76 Å². The van der Waals surface area contributed by atoms with Crippen LogP contribution in [0.15, 0.2) is 22.8 Å². The van der Waals surface area contributed by atoms with E-state index in [1.807, 2.05) is 19.1 Å². The van der Waals surface area contributed by atoms with Crippen LogP contribution in [0.1, 0.15) is 25.1 Å². The summed E-state index contributed by atoms with van der Waals surface area (Å²) in [4.78, 5) is 0. The third-order valence-corrected chi connectivity index (χ3v) is 2.90. The van der Waals surface area contributed by atoms with Crippen molar-refractivity contribution in [2.75, 3.05) is 19.3 Å². The van der Waals surface area contributed by atoms with Crippen LogP contribution < -0.4 is 10.0 Å². The Balaban J connectivity index is 2.31. The molecule has 1 unspecified atom stereocenters. The SMILES string of the molecule is CCC(NCCNS(C)(=O)=O)c1ccco1. The van der Waals surface area contributed by atoms with Crippen molar-refractivity contribution in [3.63, 3.8) is 0 Å². The summed E-state index contributed by atoms with van der Waals surface area (Å²) in [6, 6.07) is 3.89. The minimum absolute atomic E-state index is 0.136. The van der Waals surface area contributed by atoms with Crippen molar-refractivity contribution in [1.29, 1.82) is 0 Å². The van der Waals surface area contributed by atoms with Gasteiger partial charge >= 0.3 is 0 Å². The van der Waals surface area contributed by atoms with Crippen molar-refractivity contribution in [3.05, 3.63) is 24.2 Å². The molecule has 0 spiro atoms. The molecule has 0 radical (unpaired) electrons. The highest BCUT2D eigenvalue weighted by molar-refractivity contribution is 7.88. The predicted molar refractivity (Wildman–Crippen MR) is 62.6 cm³/mol. The molecule has 0 aliphatic carbocycles. The van der Waals surface area contributed by atoms with Crippen molar-refractivity contribution in [1.82, 2.24) is 10.0 Å². The number of rotatable bonds is 7. The second kappa shape index (κ2) is 6.03.